The number of benzene rings is 1. The molecule has 0 aliphatic rings. The lowest BCUT2D eigenvalue weighted by molar-refractivity contribution is 0.458. The Morgan fingerprint density at radius 3 is 2.64 bits per heavy atom. The molecule has 3 N–H and O–H groups in total. The first kappa shape index (κ1) is 8.71. The molecule has 0 bridgehead atoms. The molecule has 0 aliphatic carbocycles. The van der Waals surface area contributed by atoms with Crippen LogP contribution in [0.1, 0.15) is 5.56 Å². The molecule has 11 heavy (non-hydrogen) atoms. The van der Waals surface area contributed by atoms with Crippen molar-refractivity contribution in [3.8, 4) is 5.75 Å². The zero-order chi connectivity index (χ0) is 8.43. The van der Waals surface area contributed by atoms with E-state index in [0.717, 1.165) is 17.5 Å². The van der Waals surface area contributed by atoms with Gasteiger partial charge in [0.05, 0.1) is 9.92 Å². The summed E-state index contributed by atoms with van der Waals surface area (Å²) in [6.07, 6.45) is 0. The van der Waals surface area contributed by atoms with E-state index in [1.54, 1.807) is 19.1 Å². The first-order chi connectivity index (χ1) is 5.16. The normalized spacial score (nSPS) is 10.1. The van der Waals surface area contributed by atoms with Gasteiger partial charge in [-0.1, -0.05) is 17.7 Å². The van der Waals surface area contributed by atoms with Crippen LogP contribution in [0.5, 0.6) is 5.75 Å². The molecule has 60 valence electrons. The van der Waals surface area contributed by atoms with Gasteiger partial charge in [-0.3, -0.25) is 5.14 Å². The Morgan fingerprint density at radius 2 is 2.18 bits per heavy atom. The molecule has 2 nitrogen and oxygen atoms in total. The number of phenols is 1. The summed E-state index contributed by atoms with van der Waals surface area (Å²) < 4.78 is 0. The molecule has 1 aromatic rings. The molecular formula is C7H8ClNOS. The number of phenolic OH excluding ortho intramolecular Hbond substituents is 1. The van der Waals surface area contributed by atoms with Crippen LogP contribution in [0, 0.1) is 6.92 Å². The van der Waals surface area contributed by atoms with E-state index in [1.165, 1.54) is 0 Å². The fourth-order valence-electron chi connectivity index (χ4n) is 0.757. The van der Waals surface area contributed by atoms with Crippen LogP contribution < -0.4 is 5.14 Å². The van der Waals surface area contributed by atoms with Crippen molar-refractivity contribution in [2.24, 2.45) is 5.14 Å². The molecule has 0 radical (unpaired) electrons. The Bertz CT molecular complexity index is 277. The number of hydrogen-bond acceptors (Lipinski definition) is 3. The molecular weight excluding hydrogens is 182 g/mol. The van der Waals surface area contributed by atoms with E-state index in [4.69, 9.17) is 16.7 Å². The number of rotatable bonds is 1. The molecule has 0 unspecified atom stereocenters. The van der Waals surface area contributed by atoms with Crippen LogP contribution in [-0.2, 0) is 0 Å². The molecule has 4 heteroatoms. The minimum absolute atomic E-state index is 0.171. The van der Waals surface area contributed by atoms with Crippen LogP contribution in [0.3, 0.4) is 0 Å². The van der Waals surface area contributed by atoms with Crippen molar-refractivity contribution in [2.75, 3.05) is 0 Å². The van der Waals surface area contributed by atoms with Gasteiger partial charge in [0.2, 0.25) is 0 Å². The van der Waals surface area contributed by atoms with Gasteiger partial charge in [-0.15, -0.1) is 0 Å². The Kier molecular flexibility index (Phi) is 2.65. The smallest absolute Gasteiger partial charge is 0.134 e. The number of aryl methyl sites for hydroxylation is 1. The lowest BCUT2D eigenvalue weighted by Crippen LogP contribution is -1.84. The molecule has 0 aromatic heterocycles. The summed E-state index contributed by atoms with van der Waals surface area (Å²) in [6.45, 7) is 1.80. The fourth-order valence-corrected chi connectivity index (χ4v) is 1.50. The highest BCUT2D eigenvalue weighted by molar-refractivity contribution is 7.97. The van der Waals surface area contributed by atoms with E-state index in [0.29, 0.717) is 9.92 Å². The summed E-state index contributed by atoms with van der Waals surface area (Å²) in [5, 5.41) is 15.2. The van der Waals surface area contributed by atoms with Crippen LogP contribution in [0.15, 0.2) is 17.0 Å². The highest BCUT2D eigenvalue weighted by Crippen LogP contribution is 2.34. The highest BCUT2D eigenvalue weighted by Gasteiger charge is 2.07. The van der Waals surface area contributed by atoms with Gasteiger partial charge >= 0.3 is 0 Å². The average molecular weight is 190 g/mol. The summed E-state index contributed by atoms with van der Waals surface area (Å²) >= 11 is 6.70. The maximum atomic E-state index is 9.39. The van der Waals surface area contributed by atoms with E-state index in [1.807, 2.05) is 0 Å². The minimum atomic E-state index is 0.171. The van der Waals surface area contributed by atoms with Crippen molar-refractivity contribution in [1.82, 2.24) is 0 Å². The third-order valence-corrected chi connectivity index (χ3v) is 2.48. The second-order valence-corrected chi connectivity index (χ2v) is 3.21. The van der Waals surface area contributed by atoms with Crippen molar-refractivity contribution in [2.45, 2.75) is 11.8 Å². The number of halogens is 1. The van der Waals surface area contributed by atoms with Gasteiger partial charge in [0.25, 0.3) is 0 Å². The summed E-state index contributed by atoms with van der Waals surface area (Å²) in [6, 6.07) is 3.46. The van der Waals surface area contributed by atoms with Crippen molar-refractivity contribution in [1.29, 1.82) is 0 Å². The lowest BCUT2D eigenvalue weighted by Gasteiger charge is -2.04. The molecule has 0 saturated heterocycles. The van der Waals surface area contributed by atoms with Crippen LogP contribution >= 0.6 is 23.5 Å². The zero-order valence-corrected chi connectivity index (χ0v) is 7.54. The predicted octanol–water partition coefficient (Wildman–Crippen LogP) is 2.32. The standard InChI is InChI=1S/C7H8ClNOS/c1-4-2-3-5(8)7(11-9)6(4)10/h2-3,10H,9H2,1H3. The molecule has 0 atom stereocenters. The van der Waals surface area contributed by atoms with Crippen molar-refractivity contribution in [3.63, 3.8) is 0 Å². The molecule has 1 aromatic carbocycles. The van der Waals surface area contributed by atoms with Crippen LogP contribution in [0.4, 0.5) is 0 Å². The summed E-state index contributed by atoms with van der Waals surface area (Å²) in [5.41, 5.74) is 0.780. The fraction of sp³-hybridized carbons (Fsp3) is 0.143. The Morgan fingerprint density at radius 1 is 1.55 bits per heavy atom. The van der Waals surface area contributed by atoms with Gasteiger partial charge in [0, 0.05) is 0 Å². The predicted molar refractivity (Wildman–Crippen MR) is 47.9 cm³/mol. The lowest BCUT2D eigenvalue weighted by atomic mass is 10.2. The van der Waals surface area contributed by atoms with E-state index in [-0.39, 0.29) is 5.75 Å². The topological polar surface area (TPSA) is 46.2 Å². The zero-order valence-electron chi connectivity index (χ0n) is 5.97. The average Bonchev–Trinajstić information content (AvgIpc) is 1.99. The molecule has 1 rings (SSSR count). The molecule has 0 aliphatic heterocycles. The van der Waals surface area contributed by atoms with Crippen molar-refractivity contribution < 1.29 is 5.11 Å². The second kappa shape index (κ2) is 3.34. The first-order valence-corrected chi connectivity index (χ1v) is 4.27. The Hall–Kier alpha value is -0.380. The first-order valence-electron chi connectivity index (χ1n) is 3.01. The summed E-state index contributed by atoms with van der Waals surface area (Å²) in [4.78, 5) is 0.534. The van der Waals surface area contributed by atoms with Crippen LogP contribution in [0.2, 0.25) is 5.02 Å². The van der Waals surface area contributed by atoms with Gasteiger partial charge in [-0.05, 0) is 30.5 Å². The minimum Gasteiger partial charge on any atom is -0.506 e. The number of aromatic hydroxyl groups is 1. The van der Waals surface area contributed by atoms with E-state index in [9.17, 15) is 5.11 Å². The summed E-state index contributed by atoms with van der Waals surface area (Å²) in [7, 11) is 0. The largest absolute Gasteiger partial charge is 0.506 e. The molecule has 0 spiro atoms. The second-order valence-electron chi connectivity index (χ2n) is 2.16. The SMILES string of the molecule is Cc1ccc(Cl)c(SN)c1O. The molecule has 0 saturated carbocycles. The van der Waals surface area contributed by atoms with Gasteiger partial charge in [0.1, 0.15) is 5.75 Å². The third-order valence-electron chi connectivity index (χ3n) is 1.40. The van der Waals surface area contributed by atoms with Crippen LogP contribution in [0.25, 0.3) is 0 Å². The quantitative estimate of drug-likeness (QED) is 0.667. The van der Waals surface area contributed by atoms with Gasteiger partial charge in [-0.2, -0.15) is 0 Å². The highest BCUT2D eigenvalue weighted by atomic mass is 35.5. The van der Waals surface area contributed by atoms with E-state index >= 15 is 0 Å². The number of nitrogens with two attached hydrogens (primary N) is 1. The molecule has 0 heterocycles. The van der Waals surface area contributed by atoms with Crippen molar-refractivity contribution >= 4 is 23.5 Å². The van der Waals surface area contributed by atoms with Crippen LogP contribution in [-0.4, -0.2) is 5.11 Å². The maximum absolute atomic E-state index is 9.39. The number of hydrogen-bond donors (Lipinski definition) is 2. The van der Waals surface area contributed by atoms with E-state index in [2.05, 4.69) is 0 Å². The van der Waals surface area contributed by atoms with Crippen molar-refractivity contribution in [3.05, 3.63) is 22.7 Å². The monoisotopic (exact) mass is 189 g/mol. The van der Waals surface area contributed by atoms with Gasteiger partial charge in [-0.25, -0.2) is 0 Å². The molecule has 0 fully saturated rings. The Labute approximate surface area is 74.5 Å². The summed E-state index contributed by atoms with van der Waals surface area (Å²) in [5.74, 6) is 0.171. The van der Waals surface area contributed by atoms with Gasteiger partial charge in [0.15, 0.2) is 0 Å². The molecule has 0 amide bonds. The third kappa shape index (κ3) is 1.61. The van der Waals surface area contributed by atoms with E-state index < -0.39 is 0 Å². The maximum Gasteiger partial charge on any atom is 0.134 e. The Balaban J connectivity index is 3.29. The van der Waals surface area contributed by atoms with Gasteiger partial charge < -0.3 is 5.11 Å².